The standard InChI is InChI=1S/C19H29NOS/c1-19(2,3)17-8-10-18(11-9-17)22(21)20-13-12-15-6-4-5-7-16(15)14-20/h8-11,15-16H,4-7,12-14H2,1-3H3/t15-,16?,22?/m1/s1. The molecule has 2 fully saturated rings. The molecule has 1 aliphatic heterocycles. The van der Waals surface area contributed by atoms with Crippen LogP contribution in [0.3, 0.4) is 0 Å². The van der Waals surface area contributed by atoms with Gasteiger partial charge >= 0.3 is 0 Å². The van der Waals surface area contributed by atoms with E-state index >= 15 is 0 Å². The number of nitrogens with zero attached hydrogens (tertiary/aromatic N) is 1. The lowest BCUT2D eigenvalue weighted by atomic mass is 9.76. The minimum atomic E-state index is -0.987. The van der Waals surface area contributed by atoms with Crippen LogP contribution in [-0.2, 0) is 16.8 Å². The molecular weight excluding hydrogens is 290 g/mol. The smallest absolute Gasteiger partial charge is 0.174 e. The fourth-order valence-corrected chi connectivity index (χ4v) is 5.20. The van der Waals surface area contributed by atoms with Crippen molar-refractivity contribution in [3.8, 4) is 0 Å². The van der Waals surface area contributed by atoms with E-state index in [0.29, 0.717) is 0 Å². The molecule has 3 atom stereocenters. The van der Waals surface area contributed by atoms with Crippen LogP contribution in [0.4, 0.5) is 0 Å². The average Bonchev–Trinajstić information content (AvgIpc) is 2.53. The summed E-state index contributed by atoms with van der Waals surface area (Å²) in [6, 6.07) is 8.40. The molecular formula is C19H29NOS. The molecule has 0 radical (unpaired) electrons. The molecule has 1 saturated carbocycles. The highest BCUT2D eigenvalue weighted by atomic mass is 32.2. The van der Waals surface area contributed by atoms with Crippen molar-refractivity contribution in [2.75, 3.05) is 13.1 Å². The molecule has 1 aliphatic carbocycles. The Balaban J connectivity index is 1.67. The fourth-order valence-electron chi connectivity index (χ4n) is 3.94. The van der Waals surface area contributed by atoms with E-state index in [9.17, 15) is 4.55 Å². The fraction of sp³-hybridized carbons (Fsp3) is 0.684. The summed E-state index contributed by atoms with van der Waals surface area (Å²) in [6.07, 6.45) is 6.73. The Morgan fingerprint density at radius 2 is 1.64 bits per heavy atom. The van der Waals surface area contributed by atoms with Gasteiger partial charge in [-0.3, -0.25) is 0 Å². The summed E-state index contributed by atoms with van der Waals surface area (Å²) in [5, 5.41) is 0. The van der Waals surface area contributed by atoms with Gasteiger partial charge in [-0.05, 0) is 47.8 Å². The van der Waals surface area contributed by atoms with Crippen molar-refractivity contribution in [3.63, 3.8) is 0 Å². The first-order chi connectivity index (χ1) is 10.4. The van der Waals surface area contributed by atoms with Crippen molar-refractivity contribution in [2.24, 2.45) is 11.8 Å². The number of fused-ring (bicyclic) bond motifs is 1. The second-order valence-electron chi connectivity index (χ2n) is 8.00. The Hall–Kier alpha value is -0.510. The Labute approximate surface area is 138 Å². The summed E-state index contributed by atoms with van der Waals surface area (Å²) in [6.45, 7) is 8.67. The van der Waals surface area contributed by atoms with Crippen LogP contribution < -0.4 is 0 Å². The number of hydrogen-bond donors (Lipinski definition) is 0. The molecule has 0 amide bonds. The van der Waals surface area contributed by atoms with Crippen LogP contribution in [0.25, 0.3) is 0 Å². The third-order valence-corrected chi connectivity index (χ3v) is 6.89. The van der Waals surface area contributed by atoms with Crippen molar-refractivity contribution in [1.29, 1.82) is 0 Å². The molecule has 1 aromatic rings. The maximum absolute atomic E-state index is 12.9. The summed E-state index contributed by atoms with van der Waals surface area (Å²) < 4.78 is 15.1. The summed E-state index contributed by atoms with van der Waals surface area (Å²) in [7, 11) is 0. The van der Waals surface area contributed by atoms with Crippen molar-refractivity contribution < 1.29 is 4.55 Å². The van der Waals surface area contributed by atoms with Crippen molar-refractivity contribution in [2.45, 2.75) is 63.2 Å². The molecule has 2 aliphatic rings. The average molecular weight is 320 g/mol. The van der Waals surface area contributed by atoms with Gasteiger partial charge in [0.2, 0.25) is 0 Å². The zero-order valence-electron chi connectivity index (χ0n) is 14.2. The SMILES string of the molecule is CC(C)(C)c1ccc([S+]([O-])N2CC[C@H]3CCCCC3C2)cc1. The number of piperidine rings is 1. The molecule has 0 bridgehead atoms. The van der Waals surface area contributed by atoms with Crippen molar-refractivity contribution in [3.05, 3.63) is 29.8 Å². The van der Waals surface area contributed by atoms with Gasteiger partial charge in [-0.2, -0.15) is 0 Å². The second-order valence-corrected chi connectivity index (χ2v) is 9.49. The third-order valence-electron chi connectivity index (χ3n) is 5.41. The second kappa shape index (κ2) is 6.54. The normalized spacial score (nSPS) is 28.2. The lowest BCUT2D eigenvalue weighted by Crippen LogP contribution is -2.44. The van der Waals surface area contributed by atoms with Gasteiger partial charge in [0.05, 0.1) is 11.4 Å². The maximum Gasteiger partial charge on any atom is 0.174 e. The van der Waals surface area contributed by atoms with E-state index in [4.69, 9.17) is 0 Å². The topological polar surface area (TPSA) is 26.3 Å². The van der Waals surface area contributed by atoms with E-state index in [1.807, 2.05) is 0 Å². The van der Waals surface area contributed by atoms with Crippen molar-refractivity contribution in [1.82, 2.24) is 4.31 Å². The first kappa shape index (κ1) is 16.4. The van der Waals surface area contributed by atoms with Gasteiger partial charge in [0, 0.05) is 13.1 Å². The Morgan fingerprint density at radius 3 is 2.27 bits per heavy atom. The Bertz CT molecular complexity index is 493. The molecule has 2 nitrogen and oxygen atoms in total. The monoisotopic (exact) mass is 319 g/mol. The molecule has 1 saturated heterocycles. The van der Waals surface area contributed by atoms with E-state index in [2.05, 4.69) is 49.3 Å². The predicted octanol–water partition coefficient (Wildman–Crippen LogP) is 4.52. The number of rotatable bonds is 2. The van der Waals surface area contributed by atoms with Gasteiger partial charge < -0.3 is 4.55 Å². The molecule has 1 heterocycles. The quantitative estimate of drug-likeness (QED) is 0.749. The van der Waals surface area contributed by atoms with E-state index in [1.165, 1.54) is 37.7 Å². The third kappa shape index (κ3) is 3.52. The molecule has 0 aromatic heterocycles. The summed E-state index contributed by atoms with van der Waals surface area (Å²) >= 11 is -0.987. The predicted molar refractivity (Wildman–Crippen MR) is 93.2 cm³/mol. The molecule has 3 rings (SSSR count). The minimum Gasteiger partial charge on any atom is -0.593 e. The minimum absolute atomic E-state index is 0.153. The van der Waals surface area contributed by atoms with Crippen LogP contribution in [0, 0.1) is 11.8 Å². The van der Waals surface area contributed by atoms with Crippen LogP contribution in [0.2, 0.25) is 0 Å². The molecule has 1 aromatic carbocycles. The summed E-state index contributed by atoms with van der Waals surface area (Å²) in [4.78, 5) is 0.960. The molecule has 0 spiro atoms. The molecule has 3 heteroatoms. The van der Waals surface area contributed by atoms with Gasteiger partial charge in [0.25, 0.3) is 0 Å². The first-order valence-electron chi connectivity index (χ1n) is 8.72. The van der Waals surface area contributed by atoms with Gasteiger partial charge in [0.15, 0.2) is 4.90 Å². The lowest BCUT2D eigenvalue weighted by Gasteiger charge is -2.40. The van der Waals surface area contributed by atoms with E-state index < -0.39 is 11.4 Å². The molecule has 22 heavy (non-hydrogen) atoms. The van der Waals surface area contributed by atoms with E-state index in [1.54, 1.807) is 0 Å². The highest BCUT2D eigenvalue weighted by Gasteiger charge is 2.36. The van der Waals surface area contributed by atoms with Gasteiger partial charge in [-0.25, -0.2) is 0 Å². The van der Waals surface area contributed by atoms with Crippen molar-refractivity contribution >= 4 is 11.4 Å². The maximum atomic E-state index is 12.9. The Morgan fingerprint density at radius 1 is 1.00 bits per heavy atom. The number of hydrogen-bond acceptors (Lipinski definition) is 2. The summed E-state index contributed by atoms with van der Waals surface area (Å²) in [5.74, 6) is 1.67. The zero-order chi connectivity index (χ0) is 15.7. The van der Waals surface area contributed by atoms with Crippen LogP contribution in [0.5, 0.6) is 0 Å². The van der Waals surface area contributed by atoms with Crippen LogP contribution in [0.15, 0.2) is 29.2 Å². The highest BCUT2D eigenvalue weighted by molar-refractivity contribution is 7.89. The molecule has 0 N–H and O–H groups in total. The first-order valence-corrected chi connectivity index (χ1v) is 9.83. The van der Waals surface area contributed by atoms with Crippen LogP contribution in [0.1, 0.15) is 58.4 Å². The lowest BCUT2D eigenvalue weighted by molar-refractivity contribution is 0.136. The number of benzene rings is 1. The zero-order valence-corrected chi connectivity index (χ0v) is 15.0. The largest absolute Gasteiger partial charge is 0.593 e. The molecule has 2 unspecified atom stereocenters. The van der Waals surface area contributed by atoms with Gasteiger partial charge in [-0.1, -0.05) is 52.2 Å². The van der Waals surface area contributed by atoms with Crippen LogP contribution in [-0.4, -0.2) is 21.9 Å². The highest BCUT2D eigenvalue weighted by Crippen LogP contribution is 2.37. The van der Waals surface area contributed by atoms with Crippen LogP contribution >= 0.6 is 0 Å². The summed E-state index contributed by atoms with van der Waals surface area (Å²) in [5.41, 5.74) is 1.46. The van der Waals surface area contributed by atoms with Gasteiger partial charge in [0.1, 0.15) is 0 Å². The van der Waals surface area contributed by atoms with E-state index in [0.717, 1.165) is 29.8 Å². The van der Waals surface area contributed by atoms with Gasteiger partial charge in [-0.15, -0.1) is 4.31 Å². The van der Waals surface area contributed by atoms with E-state index in [-0.39, 0.29) is 5.41 Å². The Kier molecular flexibility index (Phi) is 4.86. The molecule has 122 valence electrons.